The average Bonchev–Trinajstić information content (AvgIpc) is 2.65. The number of hydrogen-bond donors (Lipinski definition) is 0. The summed E-state index contributed by atoms with van der Waals surface area (Å²) in [5, 5.41) is -0.130. The Balaban J connectivity index is 1.83. The minimum atomic E-state index is -4.78. The third-order valence-electron chi connectivity index (χ3n) is 3.53. The molecule has 4 nitrogen and oxygen atoms in total. The average molecular weight is 416 g/mol. The molecular formula is C20H21ClF3NO3. The van der Waals surface area contributed by atoms with Crippen LogP contribution in [0.1, 0.15) is 24.5 Å². The molecule has 0 spiro atoms. The van der Waals surface area contributed by atoms with Crippen LogP contribution in [0.15, 0.2) is 47.5 Å². The molecule has 0 unspecified atom stereocenters. The first-order valence-electron chi connectivity index (χ1n) is 8.72. The number of halogens is 4. The van der Waals surface area contributed by atoms with Crippen molar-refractivity contribution in [3.8, 4) is 11.5 Å². The van der Waals surface area contributed by atoms with E-state index in [1.54, 1.807) is 18.3 Å². The van der Waals surface area contributed by atoms with Crippen molar-refractivity contribution in [3.63, 3.8) is 0 Å². The Hall–Kier alpha value is -2.25. The SMILES string of the molecule is CCOCCCN=Cc1ccc(OCc2ccc(OC(F)(F)F)c(Cl)c2)cc1. The second-order valence-corrected chi connectivity index (χ2v) is 6.16. The summed E-state index contributed by atoms with van der Waals surface area (Å²) in [4.78, 5) is 4.33. The van der Waals surface area contributed by atoms with Crippen molar-refractivity contribution in [2.24, 2.45) is 4.99 Å². The van der Waals surface area contributed by atoms with Gasteiger partial charge in [-0.3, -0.25) is 4.99 Å². The first-order valence-corrected chi connectivity index (χ1v) is 9.10. The molecule has 2 aromatic rings. The molecule has 0 aliphatic rings. The number of rotatable bonds is 10. The Morgan fingerprint density at radius 2 is 1.86 bits per heavy atom. The lowest BCUT2D eigenvalue weighted by Crippen LogP contribution is -2.17. The number of alkyl halides is 3. The van der Waals surface area contributed by atoms with Crippen LogP contribution in [0.2, 0.25) is 5.02 Å². The van der Waals surface area contributed by atoms with Crippen LogP contribution < -0.4 is 9.47 Å². The minimum Gasteiger partial charge on any atom is -0.489 e. The van der Waals surface area contributed by atoms with Crippen LogP contribution in [-0.2, 0) is 11.3 Å². The van der Waals surface area contributed by atoms with Gasteiger partial charge in [0.2, 0.25) is 0 Å². The maximum Gasteiger partial charge on any atom is 0.573 e. The number of nitrogens with zero attached hydrogens (tertiary/aromatic N) is 1. The molecule has 0 radical (unpaired) electrons. The molecule has 0 aromatic heterocycles. The van der Waals surface area contributed by atoms with Gasteiger partial charge in [0.15, 0.2) is 0 Å². The number of hydrogen-bond acceptors (Lipinski definition) is 4. The molecular weight excluding hydrogens is 395 g/mol. The van der Waals surface area contributed by atoms with Crippen LogP contribution in [0, 0.1) is 0 Å². The van der Waals surface area contributed by atoms with Gasteiger partial charge in [0, 0.05) is 26.0 Å². The van der Waals surface area contributed by atoms with E-state index in [2.05, 4.69) is 9.73 Å². The Labute approximate surface area is 166 Å². The Bertz CT molecular complexity index is 764. The lowest BCUT2D eigenvalue weighted by atomic mass is 10.2. The van der Waals surface area contributed by atoms with Gasteiger partial charge in [-0.2, -0.15) is 0 Å². The van der Waals surface area contributed by atoms with E-state index in [0.29, 0.717) is 31.1 Å². The number of aliphatic imine (C=N–C) groups is 1. The lowest BCUT2D eigenvalue weighted by Gasteiger charge is -2.12. The van der Waals surface area contributed by atoms with E-state index in [4.69, 9.17) is 21.1 Å². The summed E-state index contributed by atoms with van der Waals surface area (Å²) >= 11 is 5.82. The summed E-state index contributed by atoms with van der Waals surface area (Å²) < 4.78 is 51.5. The summed E-state index contributed by atoms with van der Waals surface area (Å²) in [6, 6.07) is 11.3. The minimum absolute atomic E-state index is 0.130. The third-order valence-corrected chi connectivity index (χ3v) is 3.82. The normalized spacial score (nSPS) is 11.8. The predicted octanol–water partition coefficient (Wildman–Crippen LogP) is 5.66. The highest BCUT2D eigenvalue weighted by molar-refractivity contribution is 6.32. The van der Waals surface area contributed by atoms with E-state index in [-0.39, 0.29) is 11.6 Å². The molecule has 0 aliphatic heterocycles. The monoisotopic (exact) mass is 415 g/mol. The van der Waals surface area contributed by atoms with E-state index in [0.717, 1.165) is 12.0 Å². The molecule has 152 valence electrons. The van der Waals surface area contributed by atoms with Crippen LogP contribution >= 0.6 is 11.6 Å². The van der Waals surface area contributed by atoms with E-state index >= 15 is 0 Å². The first kappa shape index (κ1) is 22.0. The Morgan fingerprint density at radius 1 is 1.11 bits per heavy atom. The first-order chi connectivity index (χ1) is 13.4. The zero-order valence-corrected chi connectivity index (χ0v) is 16.1. The summed E-state index contributed by atoms with van der Waals surface area (Å²) in [5.41, 5.74) is 1.57. The summed E-state index contributed by atoms with van der Waals surface area (Å²) in [6.45, 7) is 4.24. The fourth-order valence-electron chi connectivity index (χ4n) is 2.23. The van der Waals surface area contributed by atoms with Gasteiger partial charge in [0.25, 0.3) is 0 Å². The highest BCUT2D eigenvalue weighted by Gasteiger charge is 2.32. The molecule has 2 aromatic carbocycles. The Kier molecular flexibility index (Phi) is 8.60. The van der Waals surface area contributed by atoms with Crippen molar-refractivity contribution in [2.45, 2.75) is 26.3 Å². The van der Waals surface area contributed by atoms with Gasteiger partial charge in [-0.25, -0.2) is 0 Å². The topological polar surface area (TPSA) is 40.0 Å². The molecule has 0 saturated carbocycles. The predicted molar refractivity (Wildman–Crippen MR) is 102 cm³/mol. The fraction of sp³-hybridized carbons (Fsp3) is 0.350. The smallest absolute Gasteiger partial charge is 0.489 e. The molecule has 0 bridgehead atoms. The molecule has 0 saturated heterocycles. The molecule has 0 N–H and O–H groups in total. The molecule has 0 amide bonds. The molecule has 2 rings (SSSR count). The summed E-state index contributed by atoms with van der Waals surface area (Å²) in [6.07, 6.45) is -2.12. The van der Waals surface area contributed by atoms with Gasteiger partial charge in [-0.1, -0.05) is 17.7 Å². The molecule has 8 heteroatoms. The van der Waals surface area contributed by atoms with Gasteiger partial charge in [0.05, 0.1) is 5.02 Å². The summed E-state index contributed by atoms with van der Waals surface area (Å²) in [5.74, 6) is 0.183. The van der Waals surface area contributed by atoms with Crippen molar-refractivity contribution in [1.29, 1.82) is 0 Å². The van der Waals surface area contributed by atoms with Gasteiger partial charge < -0.3 is 14.2 Å². The molecule has 0 aliphatic carbocycles. The van der Waals surface area contributed by atoms with Crippen molar-refractivity contribution in [1.82, 2.24) is 0 Å². The maximum atomic E-state index is 12.3. The zero-order chi connectivity index (χ0) is 20.4. The molecule has 0 atom stereocenters. The molecule has 0 fully saturated rings. The van der Waals surface area contributed by atoms with Crippen LogP contribution in [0.3, 0.4) is 0 Å². The van der Waals surface area contributed by atoms with Crippen molar-refractivity contribution < 1.29 is 27.4 Å². The van der Waals surface area contributed by atoms with Crippen LogP contribution in [-0.4, -0.2) is 32.3 Å². The van der Waals surface area contributed by atoms with Gasteiger partial charge >= 0.3 is 6.36 Å². The fourth-order valence-corrected chi connectivity index (χ4v) is 2.47. The van der Waals surface area contributed by atoms with Crippen molar-refractivity contribution >= 4 is 17.8 Å². The number of benzene rings is 2. The zero-order valence-electron chi connectivity index (χ0n) is 15.3. The maximum absolute atomic E-state index is 12.3. The highest BCUT2D eigenvalue weighted by atomic mass is 35.5. The van der Waals surface area contributed by atoms with Crippen LogP contribution in [0.25, 0.3) is 0 Å². The van der Waals surface area contributed by atoms with E-state index in [9.17, 15) is 13.2 Å². The third kappa shape index (κ3) is 8.19. The van der Waals surface area contributed by atoms with Gasteiger partial charge in [0.1, 0.15) is 18.1 Å². The standard InChI is InChI=1S/C20H21ClF3NO3/c1-2-26-11-3-10-25-13-15-4-7-17(8-5-15)27-14-16-6-9-19(18(21)12-16)28-20(22,23)24/h4-9,12-13H,2-3,10-11,14H2,1H3. The molecule has 28 heavy (non-hydrogen) atoms. The molecule has 0 heterocycles. The highest BCUT2D eigenvalue weighted by Crippen LogP contribution is 2.31. The Morgan fingerprint density at radius 3 is 2.50 bits per heavy atom. The van der Waals surface area contributed by atoms with Crippen molar-refractivity contribution in [2.75, 3.05) is 19.8 Å². The van der Waals surface area contributed by atoms with Crippen LogP contribution in [0.4, 0.5) is 13.2 Å². The largest absolute Gasteiger partial charge is 0.573 e. The second kappa shape index (κ2) is 10.9. The van der Waals surface area contributed by atoms with E-state index < -0.39 is 12.1 Å². The number of ether oxygens (including phenoxy) is 3. The van der Waals surface area contributed by atoms with Gasteiger partial charge in [-0.15, -0.1) is 13.2 Å². The van der Waals surface area contributed by atoms with Gasteiger partial charge in [-0.05, 0) is 60.9 Å². The van der Waals surface area contributed by atoms with Crippen molar-refractivity contribution in [3.05, 3.63) is 58.6 Å². The van der Waals surface area contributed by atoms with E-state index in [1.165, 1.54) is 18.2 Å². The quantitative estimate of drug-likeness (QED) is 0.371. The lowest BCUT2D eigenvalue weighted by molar-refractivity contribution is -0.274. The van der Waals surface area contributed by atoms with Crippen LogP contribution in [0.5, 0.6) is 11.5 Å². The van der Waals surface area contributed by atoms with E-state index in [1.807, 2.05) is 19.1 Å². The second-order valence-electron chi connectivity index (χ2n) is 5.76. The summed E-state index contributed by atoms with van der Waals surface area (Å²) in [7, 11) is 0.